The van der Waals surface area contributed by atoms with Crippen molar-refractivity contribution >= 4 is 0 Å². The summed E-state index contributed by atoms with van der Waals surface area (Å²) in [7, 11) is 0. The second kappa shape index (κ2) is 6.64. The highest BCUT2D eigenvalue weighted by molar-refractivity contribution is 5.74. The van der Waals surface area contributed by atoms with Crippen LogP contribution in [0.5, 0.6) is 0 Å². The molecule has 0 spiro atoms. The Bertz CT molecular complexity index is 954. The van der Waals surface area contributed by atoms with Crippen molar-refractivity contribution in [3.8, 4) is 60.5 Å². The van der Waals surface area contributed by atoms with Crippen molar-refractivity contribution < 1.29 is 26.3 Å². The molecule has 0 radical (unpaired) electrons. The third kappa shape index (κ3) is 2.37. The molecular weight excluding hydrogens is 354 g/mol. The van der Waals surface area contributed by atoms with Gasteiger partial charge in [-0.2, -0.15) is 0 Å². The van der Waals surface area contributed by atoms with Gasteiger partial charge in [0.25, 0.3) is 0 Å². The van der Waals surface area contributed by atoms with Gasteiger partial charge in [0.05, 0.1) is 33.4 Å². The van der Waals surface area contributed by atoms with Gasteiger partial charge in [-0.15, -0.1) is 25.7 Å². The van der Waals surface area contributed by atoms with E-state index in [-0.39, 0.29) is 0 Å². The molecule has 126 valence electrons. The zero-order chi connectivity index (χ0) is 19.8. The first kappa shape index (κ1) is 18.6. The minimum Gasteiger partial charge on any atom is -0.205 e. The topological polar surface area (TPSA) is 0 Å². The van der Waals surface area contributed by atoms with Gasteiger partial charge < -0.3 is 0 Å². The summed E-state index contributed by atoms with van der Waals surface area (Å²) in [6.07, 6.45) is 19.8. The maximum Gasteiger partial charge on any atom is 0.160 e. The normalized spacial score (nSPS) is 9.77. The molecule has 0 fully saturated rings. The summed E-state index contributed by atoms with van der Waals surface area (Å²) in [6, 6.07) is 0. The van der Waals surface area contributed by atoms with Crippen molar-refractivity contribution in [3.63, 3.8) is 0 Å². The molecule has 26 heavy (non-hydrogen) atoms. The van der Waals surface area contributed by atoms with Gasteiger partial charge in [-0.05, 0) is 0 Å². The number of halogens is 6. The summed E-state index contributed by atoms with van der Waals surface area (Å²) in [6.45, 7) is 0. The number of terminal acetylenes is 4. The molecule has 2 aromatic carbocycles. The van der Waals surface area contributed by atoms with Crippen LogP contribution < -0.4 is 0 Å². The van der Waals surface area contributed by atoms with E-state index < -0.39 is 68.3 Å². The summed E-state index contributed by atoms with van der Waals surface area (Å²) in [5.41, 5.74) is -7.56. The predicted molar refractivity (Wildman–Crippen MR) is 83.4 cm³/mol. The van der Waals surface area contributed by atoms with Crippen molar-refractivity contribution in [2.45, 2.75) is 0 Å². The molecule has 0 aliphatic carbocycles. The highest BCUT2D eigenvalue weighted by atomic mass is 19.2. The molecular formula is C20H4F6. The Hall–Kier alpha value is -3.74. The van der Waals surface area contributed by atoms with E-state index in [1.54, 1.807) is 23.7 Å². The quantitative estimate of drug-likeness (QED) is 0.532. The highest BCUT2D eigenvalue weighted by Crippen LogP contribution is 2.38. The van der Waals surface area contributed by atoms with E-state index in [1.807, 2.05) is 0 Å². The summed E-state index contributed by atoms with van der Waals surface area (Å²) in [5, 5.41) is 0. The molecule has 0 saturated heterocycles. The molecule has 2 rings (SSSR count). The maximum absolute atomic E-state index is 14.5. The number of benzene rings is 2. The number of rotatable bonds is 1. The molecule has 6 heteroatoms. The maximum atomic E-state index is 14.5. The van der Waals surface area contributed by atoms with Crippen LogP contribution in [-0.4, -0.2) is 0 Å². The lowest BCUT2D eigenvalue weighted by atomic mass is 9.93. The Balaban J connectivity index is 3.20. The minimum atomic E-state index is -1.82. The van der Waals surface area contributed by atoms with Crippen LogP contribution in [0.1, 0.15) is 22.3 Å². The fourth-order valence-electron chi connectivity index (χ4n) is 2.27. The molecule has 0 aromatic heterocycles. The summed E-state index contributed by atoms with van der Waals surface area (Å²) in [4.78, 5) is 0. The Morgan fingerprint density at radius 1 is 0.385 bits per heavy atom. The first-order valence-corrected chi connectivity index (χ1v) is 6.54. The molecule has 0 aliphatic heterocycles. The van der Waals surface area contributed by atoms with Crippen LogP contribution in [-0.2, 0) is 0 Å². The van der Waals surface area contributed by atoms with Crippen molar-refractivity contribution in [1.29, 1.82) is 0 Å². The second-order valence-corrected chi connectivity index (χ2v) is 4.71. The van der Waals surface area contributed by atoms with Crippen molar-refractivity contribution in [2.24, 2.45) is 0 Å². The number of hydrogen-bond donors (Lipinski definition) is 0. The minimum absolute atomic E-state index is 1.16. The Labute approximate surface area is 144 Å². The van der Waals surface area contributed by atoms with E-state index in [4.69, 9.17) is 25.7 Å². The fraction of sp³-hybridized carbons (Fsp3) is 0. The zero-order valence-electron chi connectivity index (χ0n) is 12.6. The van der Waals surface area contributed by atoms with Crippen LogP contribution >= 0.6 is 0 Å². The third-order valence-electron chi connectivity index (χ3n) is 3.46. The van der Waals surface area contributed by atoms with E-state index in [0.29, 0.717) is 0 Å². The van der Waals surface area contributed by atoms with Gasteiger partial charge in [0.15, 0.2) is 34.9 Å². The van der Waals surface area contributed by atoms with Crippen LogP contribution in [0, 0.1) is 84.3 Å². The fourth-order valence-corrected chi connectivity index (χ4v) is 2.27. The molecule has 0 unspecified atom stereocenters. The van der Waals surface area contributed by atoms with Gasteiger partial charge in [0.1, 0.15) is 0 Å². The van der Waals surface area contributed by atoms with Gasteiger partial charge >= 0.3 is 0 Å². The lowest BCUT2D eigenvalue weighted by molar-refractivity contribution is 0.520. The van der Waals surface area contributed by atoms with Crippen LogP contribution in [0.2, 0.25) is 0 Å². The average Bonchev–Trinajstić information content (AvgIpc) is 2.59. The first-order valence-electron chi connectivity index (χ1n) is 6.54. The van der Waals surface area contributed by atoms with E-state index in [2.05, 4.69) is 0 Å². The molecule has 0 bridgehead atoms. The largest absolute Gasteiger partial charge is 0.205 e. The van der Waals surface area contributed by atoms with Crippen molar-refractivity contribution in [3.05, 3.63) is 57.2 Å². The molecule has 0 nitrogen and oxygen atoms in total. The molecule has 0 N–H and O–H groups in total. The number of hydrogen-bond acceptors (Lipinski definition) is 0. The van der Waals surface area contributed by atoms with E-state index in [1.165, 1.54) is 0 Å². The molecule has 0 aliphatic rings. The van der Waals surface area contributed by atoms with Crippen LogP contribution in [0.3, 0.4) is 0 Å². The summed E-state index contributed by atoms with van der Waals surface area (Å²) in [5.74, 6) is -4.22. The van der Waals surface area contributed by atoms with Gasteiger partial charge in [-0.25, -0.2) is 26.3 Å². The second-order valence-electron chi connectivity index (χ2n) is 4.71. The first-order chi connectivity index (χ1) is 12.3. The van der Waals surface area contributed by atoms with E-state index >= 15 is 0 Å². The Morgan fingerprint density at radius 2 is 0.577 bits per heavy atom. The van der Waals surface area contributed by atoms with Gasteiger partial charge in [0, 0.05) is 0 Å². The predicted octanol–water partition coefficient (Wildman–Crippen LogP) is 4.11. The zero-order valence-corrected chi connectivity index (χ0v) is 12.6. The smallest absolute Gasteiger partial charge is 0.160 e. The average molecular weight is 358 g/mol. The Kier molecular flexibility index (Phi) is 4.75. The highest BCUT2D eigenvalue weighted by Gasteiger charge is 2.32. The Morgan fingerprint density at radius 3 is 0.731 bits per heavy atom. The van der Waals surface area contributed by atoms with Crippen molar-refractivity contribution in [2.75, 3.05) is 0 Å². The van der Waals surface area contributed by atoms with E-state index in [9.17, 15) is 26.3 Å². The van der Waals surface area contributed by atoms with Crippen LogP contribution in [0.25, 0.3) is 11.1 Å². The van der Waals surface area contributed by atoms with E-state index in [0.717, 1.165) is 0 Å². The molecule has 0 amide bonds. The molecule has 0 atom stereocenters. The standard InChI is InChI=1S/C20H4F6/c1-5-9-15(21)10(6-2)18(24)13(17(9)23)14-19(25)11(7-3)16(22)12(8-4)20(14)26/h1-4H. The monoisotopic (exact) mass is 358 g/mol. The SMILES string of the molecule is C#Cc1c(F)c(C#C)c(F)c(-c2c(F)c(C#C)c(F)c(C#C)c2F)c1F. The van der Waals surface area contributed by atoms with Crippen LogP contribution in [0.15, 0.2) is 0 Å². The summed E-state index contributed by atoms with van der Waals surface area (Å²) >= 11 is 0. The summed E-state index contributed by atoms with van der Waals surface area (Å²) < 4.78 is 86.0. The molecule has 2 aromatic rings. The lowest BCUT2D eigenvalue weighted by Crippen LogP contribution is -2.09. The third-order valence-corrected chi connectivity index (χ3v) is 3.46. The van der Waals surface area contributed by atoms with Crippen molar-refractivity contribution in [1.82, 2.24) is 0 Å². The lowest BCUT2D eigenvalue weighted by Gasteiger charge is -2.15. The van der Waals surface area contributed by atoms with Gasteiger partial charge in [-0.1, -0.05) is 23.7 Å². The van der Waals surface area contributed by atoms with Crippen LogP contribution in [0.4, 0.5) is 26.3 Å². The van der Waals surface area contributed by atoms with Gasteiger partial charge in [-0.3, -0.25) is 0 Å². The molecule has 0 heterocycles. The molecule has 0 saturated carbocycles. The van der Waals surface area contributed by atoms with Gasteiger partial charge in [0.2, 0.25) is 0 Å².